The monoisotopic (exact) mass is 260 g/mol. The number of benzene rings is 1. The van der Waals surface area contributed by atoms with Crippen molar-refractivity contribution in [3.05, 3.63) is 35.9 Å². The zero-order valence-corrected chi connectivity index (χ0v) is 11.4. The molecule has 102 valence electrons. The summed E-state index contributed by atoms with van der Waals surface area (Å²) in [6.07, 6.45) is 1.12. The van der Waals surface area contributed by atoms with Gasteiger partial charge in [0.2, 0.25) is 5.91 Å². The first kappa shape index (κ1) is 13.7. The van der Waals surface area contributed by atoms with E-state index in [1.165, 1.54) is 0 Å². The Balaban J connectivity index is 2.00. The fourth-order valence-electron chi connectivity index (χ4n) is 2.57. The Bertz CT molecular complexity index is 458. The number of carbonyl (C=O) groups excluding carboxylic acids is 2. The molecule has 1 amide bonds. The Morgan fingerprint density at radius 1 is 1.37 bits per heavy atom. The quantitative estimate of drug-likeness (QED) is 0.879. The van der Waals surface area contributed by atoms with E-state index in [0.29, 0.717) is 12.8 Å². The van der Waals surface area contributed by atoms with E-state index in [9.17, 15) is 9.59 Å². The summed E-state index contributed by atoms with van der Waals surface area (Å²) in [4.78, 5) is 25.3. The van der Waals surface area contributed by atoms with Crippen molar-refractivity contribution in [2.45, 2.75) is 31.8 Å². The molecule has 0 aliphatic carbocycles. The minimum Gasteiger partial charge on any atom is -0.350 e. The second kappa shape index (κ2) is 5.97. The van der Waals surface area contributed by atoms with Gasteiger partial charge in [-0.25, -0.2) is 0 Å². The van der Waals surface area contributed by atoms with Crippen molar-refractivity contribution in [2.75, 3.05) is 13.6 Å². The Labute approximate surface area is 113 Å². The van der Waals surface area contributed by atoms with Crippen LogP contribution in [0.25, 0.3) is 0 Å². The highest BCUT2D eigenvalue weighted by Crippen LogP contribution is 2.13. The standard InChI is InChI=1S/C15H20N2O2/c1-11(18)8-13-10-17(2)14(15(19)16-13)9-12-6-4-3-5-7-12/h3-7,13-14H,8-10H2,1-2H3,(H,16,19)/t13-,14+/m0/s1. The van der Waals surface area contributed by atoms with Crippen molar-refractivity contribution in [1.82, 2.24) is 10.2 Å². The van der Waals surface area contributed by atoms with Crippen molar-refractivity contribution >= 4 is 11.7 Å². The number of amides is 1. The van der Waals surface area contributed by atoms with Crippen molar-refractivity contribution < 1.29 is 9.59 Å². The first-order valence-corrected chi connectivity index (χ1v) is 6.60. The maximum Gasteiger partial charge on any atom is 0.237 e. The summed E-state index contributed by atoms with van der Waals surface area (Å²) in [5.41, 5.74) is 1.15. The fourth-order valence-corrected chi connectivity index (χ4v) is 2.57. The van der Waals surface area contributed by atoms with Crippen molar-refractivity contribution in [1.29, 1.82) is 0 Å². The lowest BCUT2D eigenvalue weighted by atomic mass is 9.99. The molecule has 0 aromatic heterocycles. The molecular weight excluding hydrogens is 240 g/mol. The molecular formula is C15H20N2O2. The van der Waals surface area contributed by atoms with Gasteiger partial charge in [-0.05, 0) is 26.0 Å². The molecule has 0 saturated carbocycles. The van der Waals surface area contributed by atoms with Crippen molar-refractivity contribution in [3.8, 4) is 0 Å². The third-order valence-corrected chi connectivity index (χ3v) is 3.50. The van der Waals surface area contributed by atoms with Crippen LogP contribution in [0.4, 0.5) is 0 Å². The van der Waals surface area contributed by atoms with Gasteiger partial charge < -0.3 is 5.32 Å². The molecule has 0 radical (unpaired) electrons. The Morgan fingerprint density at radius 3 is 2.63 bits per heavy atom. The van der Waals surface area contributed by atoms with Crippen LogP contribution in [-0.4, -0.2) is 42.3 Å². The lowest BCUT2D eigenvalue weighted by Crippen LogP contribution is -2.59. The van der Waals surface area contributed by atoms with Gasteiger partial charge >= 0.3 is 0 Å². The molecule has 0 bridgehead atoms. The molecule has 0 unspecified atom stereocenters. The van der Waals surface area contributed by atoms with Crippen molar-refractivity contribution in [2.24, 2.45) is 0 Å². The van der Waals surface area contributed by atoms with Gasteiger partial charge in [0.05, 0.1) is 6.04 Å². The SMILES string of the molecule is CC(=O)C[C@H]1CN(C)[C@H](Cc2ccccc2)C(=O)N1. The number of Topliss-reactive ketones (excluding diaryl/α,β-unsaturated/α-hetero) is 1. The number of nitrogens with zero attached hydrogens (tertiary/aromatic N) is 1. The molecule has 4 nitrogen and oxygen atoms in total. The van der Waals surface area contributed by atoms with Crippen LogP contribution in [0.1, 0.15) is 18.9 Å². The van der Waals surface area contributed by atoms with Crippen LogP contribution in [0.2, 0.25) is 0 Å². The maximum absolute atomic E-state index is 12.1. The highest BCUT2D eigenvalue weighted by atomic mass is 16.2. The number of carbonyl (C=O) groups is 2. The topological polar surface area (TPSA) is 49.4 Å². The highest BCUT2D eigenvalue weighted by molar-refractivity contribution is 5.84. The van der Waals surface area contributed by atoms with E-state index in [0.717, 1.165) is 12.1 Å². The molecule has 1 aliphatic heterocycles. The van der Waals surface area contributed by atoms with Crippen LogP contribution in [0.3, 0.4) is 0 Å². The summed E-state index contributed by atoms with van der Waals surface area (Å²) in [7, 11) is 1.94. The first-order valence-electron chi connectivity index (χ1n) is 6.60. The van der Waals surface area contributed by atoms with Gasteiger partial charge in [0.25, 0.3) is 0 Å². The second-order valence-electron chi connectivity index (χ2n) is 5.26. The summed E-state index contributed by atoms with van der Waals surface area (Å²) in [5.74, 6) is 0.129. The molecule has 1 aromatic rings. The first-order chi connectivity index (χ1) is 9.06. The zero-order chi connectivity index (χ0) is 13.8. The van der Waals surface area contributed by atoms with Gasteiger partial charge in [-0.15, -0.1) is 0 Å². The average Bonchev–Trinajstić information content (AvgIpc) is 2.34. The molecule has 1 heterocycles. The van der Waals surface area contributed by atoms with Crippen LogP contribution in [0.15, 0.2) is 30.3 Å². The van der Waals surface area contributed by atoms with Gasteiger partial charge in [-0.2, -0.15) is 0 Å². The van der Waals surface area contributed by atoms with Crippen LogP contribution >= 0.6 is 0 Å². The van der Waals surface area contributed by atoms with Crippen LogP contribution < -0.4 is 5.32 Å². The Hall–Kier alpha value is -1.68. The van der Waals surface area contributed by atoms with Crippen LogP contribution in [0.5, 0.6) is 0 Å². The summed E-state index contributed by atoms with van der Waals surface area (Å²) < 4.78 is 0. The number of nitrogens with one attached hydrogen (secondary N) is 1. The van der Waals surface area contributed by atoms with E-state index < -0.39 is 0 Å². The van der Waals surface area contributed by atoms with E-state index in [-0.39, 0.29) is 23.8 Å². The minimum atomic E-state index is -0.148. The lowest BCUT2D eigenvalue weighted by molar-refractivity contribution is -0.130. The van der Waals surface area contributed by atoms with Gasteiger partial charge in [0.1, 0.15) is 5.78 Å². The van der Waals surface area contributed by atoms with E-state index in [1.54, 1.807) is 6.92 Å². The third-order valence-electron chi connectivity index (χ3n) is 3.50. The molecule has 0 spiro atoms. The summed E-state index contributed by atoms with van der Waals surface area (Å²) >= 11 is 0. The molecule has 1 saturated heterocycles. The maximum atomic E-state index is 12.1. The lowest BCUT2D eigenvalue weighted by Gasteiger charge is -2.36. The molecule has 19 heavy (non-hydrogen) atoms. The molecule has 2 rings (SSSR count). The number of likely N-dealkylation sites (N-methyl/N-ethyl adjacent to an activating group) is 1. The minimum absolute atomic E-state index is 0.0175. The number of hydrogen-bond donors (Lipinski definition) is 1. The van der Waals surface area contributed by atoms with E-state index >= 15 is 0 Å². The normalized spacial score (nSPS) is 24.0. The van der Waals surface area contributed by atoms with Crippen LogP contribution in [-0.2, 0) is 16.0 Å². The third kappa shape index (κ3) is 3.64. The van der Waals surface area contributed by atoms with E-state index in [4.69, 9.17) is 0 Å². The van der Waals surface area contributed by atoms with E-state index in [1.807, 2.05) is 42.3 Å². The molecule has 1 aromatic carbocycles. The Morgan fingerprint density at radius 2 is 2.05 bits per heavy atom. The van der Waals surface area contributed by atoms with Gasteiger partial charge in [-0.1, -0.05) is 30.3 Å². The summed E-state index contributed by atoms with van der Waals surface area (Å²) in [5, 5.41) is 2.95. The van der Waals surface area contributed by atoms with Crippen molar-refractivity contribution in [3.63, 3.8) is 0 Å². The van der Waals surface area contributed by atoms with E-state index in [2.05, 4.69) is 5.32 Å². The number of piperazine rings is 1. The second-order valence-corrected chi connectivity index (χ2v) is 5.26. The molecule has 1 aliphatic rings. The van der Waals surface area contributed by atoms with Gasteiger partial charge in [0.15, 0.2) is 0 Å². The fraction of sp³-hybridized carbons (Fsp3) is 0.467. The largest absolute Gasteiger partial charge is 0.350 e. The number of ketones is 1. The molecule has 4 heteroatoms. The Kier molecular flexibility index (Phi) is 4.32. The predicted molar refractivity (Wildman–Crippen MR) is 73.8 cm³/mol. The number of hydrogen-bond acceptors (Lipinski definition) is 3. The smallest absolute Gasteiger partial charge is 0.237 e. The molecule has 2 atom stereocenters. The van der Waals surface area contributed by atoms with Gasteiger partial charge in [0, 0.05) is 19.0 Å². The summed E-state index contributed by atoms with van der Waals surface area (Å²) in [6, 6.07) is 9.79. The summed E-state index contributed by atoms with van der Waals surface area (Å²) in [6.45, 7) is 2.28. The number of rotatable bonds is 4. The molecule has 1 N–H and O–H groups in total. The van der Waals surface area contributed by atoms with Crippen LogP contribution in [0, 0.1) is 0 Å². The zero-order valence-electron chi connectivity index (χ0n) is 11.4. The highest BCUT2D eigenvalue weighted by Gasteiger charge is 2.32. The average molecular weight is 260 g/mol. The molecule has 1 fully saturated rings. The van der Waals surface area contributed by atoms with Gasteiger partial charge in [-0.3, -0.25) is 14.5 Å². The predicted octanol–water partition coefficient (Wildman–Crippen LogP) is 1.01.